The summed E-state index contributed by atoms with van der Waals surface area (Å²) < 4.78 is 0. The second-order valence-corrected chi connectivity index (χ2v) is 9.86. The Hall–Kier alpha value is -1.08. The van der Waals surface area contributed by atoms with Crippen LogP contribution in [0, 0.1) is 5.92 Å². The van der Waals surface area contributed by atoms with Gasteiger partial charge in [0.25, 0.3) is 0 Å². The monoisotopic (exact) mass is 433 g/mol. The summed E-state index contributed by atoms with van der Waals surface area (Å²) in [7, 11) is 0. The highest BCUT2D eigenvalue weighted by molar-refractivity contribution is 7.98. The van der Waals surface area contributed by atoms with Crippen molar-refractivity contribution in [2.45, 2.75) is 37.6 Å². The van der Waals surface area contributed by atoms with Crippen molar-refractivity contribution in [3.8, 4) is 0 Å². The molecule has 0 amide bonds. The molecule has 1 N–H and O–H groups in total. The SMILES string of the molecule is CSc1cccc(NC(=S)N(CCCN2CCC[C@H](C)C2)Cc2cccs2)c1. The van der Waals surface area contributed by atoms with Gasteiger partial charge in [-0.05, 0) is 86.4 Å². The Morgan fingerprint density at radius 2 is 2.25 bits per heavy atom. The van der Waals surface area contributed by atoms with E-state index >= 15 is 0 Å². The molecule has 1 aromatic heterocycles. The van der Waals surface area contributed by atoms with Crippen LogP contribution in [0.5, 0.6) is 0 Å². The van der Waals surface area contributed by atoms with Gasteiger partial charge in [-0.15, -0.1) is 23.1 Å². The molecule has 6 heteroatoms. The minimum absolute atomic E-state index is 0.818. The topological polar surface area (TPSA) is 18.5 Å². The van der Waals surface area contributed by atoms with Crippen molar-refractivity contribution in [3.05, 3.63) is 46.7 Å². The van der Waals surface area contributed by atoms with Gasteiger partial charge in [0.15, 0.2) is 5.11 Å². The zero-order valence-corrected chi connectivity index (χ0v) is 19.3. The van der Waals surface area contributed by atoms with Crippen LogP contribution in [-0.2, 0) is 6.54 Å². The summed E-state index contributed by atoms with van der Waals surface area (Å²) in [5.74, 6) is 0.836. The number of thioether (sulfide) groups is 1. The molecule has 0 unspecified atom stereocenters. The number of hydrogen-bond acceptors (Lipinski definition) is 4. The third-order valence-electron chi connectivity index (χ3n) is 5.18. The lowest BCUT2D eigenvalue weighted by Crippen LogP contribution is -2.39. The van der Waals surface area contributed by atoms with Crippen LogP contribution in [0.2, 0.25) is 0 Å². The first kappa shape index (κ1) is 21.6. The maximum Gasteiger partial charge on any atom is 0.173 e. The third kappa shape index (κ3) is 6.76. The number of nitrogens with one attached hydrogen (secondary N) is 1. The lowest BCUT2D eigenvalue weighted by molar-refractivity contribution is 0.177. The van der Waals surface area contributed by atoms with Crippen LogP contribution in [0.1, 0.15) is 31.1 Å². The highest BCUT2D eigenvalue weighted by atomic mass is 32.2. The quantitative estimate of drug-likeness (QED) is 0.418. The number of thiophene rings is 1. The molecule has 0 saturated carbocycles. The van der Waals surface area contributed by atoms with Gasteiger partial charge < -0.3 is 15.1 Å². The van der Waals surface area contributed by atoms with Crippen LogP contribution in [0.4, 0.5) is 5.69 Å². The maximum absolute atomic E-state index is 5.80. The fourth-order valence-electron chi connectivity index (χ4n) is 3.72. The molecular weight excluding hydrogens is 402 g/mol. The van der Waals surface area contributed by atoms with E-state index in [1.165, 1.54) is 35.7 Å². The third-order valence-corrected chi connectivity index (χ3v) is 7.13. The molecule has 1 aromatic carbocycles. The van der Waals surface area contributed by atoms with Crippen molar-refractivity contribution in [1.29, 1.82) is 0 Å². The summed E-state index contributed by atoms with van der Waals surface area (Å²) in [5, 5.41) is 6.42. The van der Waals surface area contributed by atoms with Crippen LogP contribution in [0.3, 0.4) is 0 Å². The van der Waals surface area contributed by atoms with E-state index in [0.29, 0.717) is 0 Å². The van der Waals surface area contributed by atoms with E-state index in [-0.39, 0.29) is 0 Å². The first-order valence-corrected chi connectivity index (χ1v) is 12.6. The Morgan fingerprint density at radius 3 is 3.00 bits per heavy atom. The summed E-state index contributed by atoms with van der Waals surface area (Å²) in [6, 6.07) is 12.8. The Labute approximate surface area is 183 Å². The van der Waals surface area contributed by atoms with Gasteiger partial charge >= 0.3 is 0 Å². The first-order valence-electron chi connectivity index (χ1n) is 10.1. The van der Waals surface area contributed by atoms with Crippen LogP contribution in [0.25, 0.3) is 0 Å². The van der Waals surface area contributed by atoms with Gasteiger partial charge in [-0.3, -0.25) is 0 Å². The van der Waals surface area contributed by atoms with Crippen LogP contribution in [0.15, 0.2) is 46.7 Å². The number of hydrogen-bond donors (Lipinski definition) is 1. The second kappa shape index (κ2) is 11.2. The Balaban J connectivity index is 1.58. The molecule has 0 spiro atoms. The lowest BCUT2D eigenvalue weighted by Gasteiger charge is -2.32. The van der Waals surface area contributed by atoms with Crippen molar-refractivity contribution >= 4 is 46.1 Å². The number of benzene rings is 1. The molecule has 0 aliphatic carbocycles. The van der Waals surface area contributed by atoms with E-state index in [1.807, 2.05) is 0 Å². The molecule has 28 heavy (non-hydrogen) atoms. The first-order chi connectivity index (χ1) is 13.6. The van der Waals surface area contributed by atoms with Gasteiger partial charge in [0.1, 0.15) is 0 Å². The molecule has 0 radical (unpaired) electrons. The summed E-state index contributed by atoms with van der Waals surface area (Å²) in [6.45, 7) is 7.89. The molecule has 2 heterocycles. The van der Waals surface area contributed by atoms with Crippen LogP contribution < -0.4 is 5.32 Å². The molecule has 3 rings (SSSR count). The molecule has 3 nitrogen and oxygen atoms in total. The number of nitrogens with zero attached hydrogens (tertiary/aromatic N) is 2. The predicted octanol–water partition coefficient (Wildman–Crippen LogP) is 5.79. The fraction of sp³-hybridized carbons (Fsp3) is 0.500. The molecule has 2 aromatic rings. The molecule has 152 valence electrons. The molecule has 1 fully saturated rings. The number of piperidine rings is 1. The Morgan fingerprint density at radius 1 is 1.36 bits per heavy atom. The lowest BCUT2D eigenvalue weighted by atomic mass is 10.0. The van der Waals surface area contributed by atoms with Crippen molar-refractivity contribution < 1.29 is 0 Å². The summed E-state index contributed by atoms with van der Waals surface area (Å²) in [4.78, 5) is 7.54. The number of anilines is 1. The molecule has 1 atom stereocenters. The predicted molar refractivity (Wildman–Crippen MR) is 129 cm³/mol. The number of thiocarbonyl (C=S) groups is 1. The van der Waals surface area contributed by atoms with E-state index in [4.69, 9.17) is 12.2 Å². The van der Waals surface area contributed by atoms with Gasteiger partial charge in [0.05, 0.1) is 6.54 Å². The van der Waals surface area contributed by atoms with Gasteiger partial charge in [-0.2, -0.15) is 0 Å². The van der Waals surface area contributed by atoms with Gasteiger partial charge in [0, 0.05) is 28.5 Å². The van der Waals surface area contributed by atoms with Crippen LogP contribution >= 0.6 is 35.3 Å². The van der Waals surface area contributed by atoms with E-state index in [1.54, 1.807) is 23.1 Å². The smallest absolute Gasteiger partial charge is 0.173 e. The van der Waals surface area contributed by atoms with E-state index in [2.05, 4.69) is 70.1 Å². The van der Waals surface area contributed by atoms with Gasteiger partial charge in [0.2, 0.25) is 0 Å². The Kier molecular flexibility index (Phi) is 8.65. The van der Waals surface area contributed by atoms with Crippen molar-refractivity contribution in [2.24, 2.45) is 5.92 Å². The average molecular weight is 434 g/mol. The summed E-state index contributed by atoms with van der Waals surface area (Å²) in [6.07, 6.45) is 5.96. The minimum atomic E-state index is 0.818. The maximum atomic E-state index is 5.80. The average Bonchev–Trinajstić information content (AvgIpc) is 3.20. The normalized spacial score (nSPS) is 17.4. The van der Waals surface area contributed by atoms with Gasteiger partial charge in [-0.25, -0.2) is 0 Å². The standard InChI is InChI=1S/C22H31N3S3/c1-18-7-4-11-24(16-18)12-6-13-25(17-21-10-5-14-28-21)22(26)23-19-8-3-9-20(15-19)27-2/h3,5,8-10,14-15,18H,4,6-7,11-13,16-17H2,1-2H3,(H,23,26)/t18-/m0/s1. The van der Waals surface area contributed by atoms with E-state index in [0.717, 1.165) is 42.8 Å². The molecule has 1 aliphatic rings. The zero-order chi connectivity index (χ0) is 19.8. The van der Waals surface area contributed by atoms with Crippen molar-refractivity contribution in [2.75, 3.05) is 37.8 Å². The number of rotatable bonds is 8. The van der Waals surface area contributed by atoms with Crippen molar-refractivity contribution in [3.63, 3.8) is 0 Å². The van der Waals surface area contributed by atoms with Crippen molar-refractivity contribution in [1.82, 2.24) is 9.80 Å². The van der Waals surface area contributed by atoms with Gasteiger partial charge in [-0.1, -0.05) is 19.1 Å². The summed E-state index contributed by atoms with van der Waals surface area (Å²) >= 11 is 9.35. The molecule has 1 saturated heterocycles. The molecular formula is C22H31N3S3. The highest BCUT2D eigenvalue weighted by Gasteiger charge is 2.17. The molecule has 1 aliphatic heterocycles. The summed E-state index contributed by atoms with van der Waals surface area (Å²) in [5.41, 5.74) is 1.07. The second-order valence-electron chi connectivity index (χ2n) is 7.56. The largest absolute Gasteiger partial charge is 0.344 e. The number of likely N-dealkylation sites (tertiary alicyclic amines) is 1. The van der Waals surface area contributed by atoms with E-state index < -0.39 is 0 Å². The van der Waals surface area contributed by atoms with Crippen LogP contribution in [-0.4, -0.2) is 47.3 Å². The minimum Gasteiger partial charge on any atom is -0.344 e. The zero-order valence-electron chi connectivity index (χ0n) is 16.9. The molecule has 0 bridgehead atoms. The highest BCUT2D eigenvalue weighted by Crippen LogP contribution is 2.20. The fourth-order valence-corrected chi connectivity index (χ4v) is 5.17. The van der Waals surface area contributed by atoms with E-state index in [9.17, 15) is 0 Å². The Bertz CT molecular complexity index is 732.